The van der Waals surface area contributed by atoms with Crippen molar-refractivity contribution in [3.63, 3.8) is 0 Å². The van der Waals surface area contributed by atoms with Crippen LogP contribution in [0.25, 0.3) is 0 Å². The van der Waals surface area contributed by atoms with E-state index in [0.717, 1.165) is 17.3 Å². The molecule has 2 saturated heterocycles. The Kier molecular flexibility index (Phi) is 9.14. The number of anilines is 5. The van der Waals surface area contributed by atoms with Gasteiger partial charge in [0.2, 0.25) is 23.8 Å². The predicted molar refractivity (Wildman–Crippen MR) is 164 cm³/mol. The van der Waals surface area contributed by atoms with Crippen molar-refractivity contribution in [3.05, 3.63) is 60.2 Å². The first-order chi connectivity index (χ1) is 20.1. The van der Waals surface area contributed by atoms with Crippen molar-refractivity contribution in [2.24, 2.45) is 22.9 Å². The third kappa shape index (κ3) is 7.30. The summed E-state index contributed by atoms with van der Waals surface area (Å²) in [6, 6.07) is 15.0. The average Bonchev–Trinajstić information content (AvgIpc) is 2.96. The van der Waals surface area contributed by atoms with Gasteiger partial charge in [0.25, 0.3) is 0 Å². The number of carbonyl (C=O) groups is 2. The first kappa shape index (κ1) is 29.6. The van der Waals surface area contributed by atoms with Gasteiger partial charge in [-0.1, -0.05) is 18.2 Å². The molecule has 2 aliphatic rings. The molecule has 2 fully saturated rings. The highest BCUT2D eigenvalue weighted by atomic mass is 35.5. The minimum absolute atomic E-state index is 0.0993. The zero-order valence-electron chi connectivity index (χ0n) is 23.1. The summed E-state index contributed by atoms with van der Waals surface area (Å²) in [5.41, 5.74) is 26.5. The number of benzene rings is 2. The number of piperidine rings is 2. The van der Waals surface area contributed by atoms with E-state index in [9.17, 15) is 9.59 Å². The van der Waals surface area contributed by atoms with E-state index >= 15 is 0 Å². The molecule has 3 heterocycles. The van der Waals surface area contributed by atoms with Gasteiger partial charge in [0.05, 0.1) is 12.1 Å². The number of nitrogens with zero attached hydrogens (tertiary/aromatic N) is 6. The second-order valence-electron chi connectivity index (χ2n) is 10.9. The molecule has 0 saturated carbocycles. The molecular weight excluding hydrogens is 558 g/mol. The van der Waals surface area contributed by atoms with Crippen LogP contribution in [0.15, 0.2) is 54.6 Å². The van der Waals surface area contributed by atoms with E-state index in [2.05, 4.69) is 15.3 Å². The largest absolute Gasteiger partial charge is 0.338 e. The lowest BCUT2D eigenvalue weighted by Crippen LogP contribution is -2.54. The van der Waals surface area contributed by atoms with Gasteiger partial charge in [0.15, 0.2) is 5.78 Å². The van der Waals surface area contributed by atoms with Crippen molar-refractivity contribution >= 4 is 52.7 Å². The van der Waals surface area contributed by atoms with Crippen LogP contribution in [0.1, 0.15) is 29.6 Å². The molecule has 2 aromatic carbocycles. The first-order valence-electron chi connectivity index (χ1n) is 13.9. The Hall–Kier alpha value is -3.88. The summed E-state index contributed by atoms with van der Waals surface area (Å²) >= 11 is 6.14. The Morgan fingerprint density at radius 1 is 0.786 bits per heavy atom. The van der Waals surface area contributed by atoms with E-state index < -0.39 is 5.91 Å². The lowest BCUT2D eigenvalue weighted by atomic mass is 10.0. The van der Waals surface area contributed by atoms with Crippen LogP contribution < -0.4 is 42.5 Å². The van der Waals surface area contributed by atoms with Crippen molar-refractivity contribution in [1.82, 2.24) is 15.0 Å². The van der Waals surface area contributed by atoms with Gasteiger partial charge in [-0.2, -0.15) is 15.0 Å². The van der Waals surface area contributed by atoms with Crippen LogP contribution in [0.3, 0.4) is 0 Å². The molecule has 2 aliphatic heterocycles. The van der Waals surface area contributed by atoms with Crippen molar-refractivity contribution in [3.8, 4) is 0 Å². The highest BCUT2D eigenvalue weighted by Gasteiger charge is 2.29. The van der Waals surface area contributed by atoms with Gasteiger partial charge in [-0.15, -0.1) is 0 Å². The smallest absolute Gasteiger partial charge is 0.249 e. The van der Waals surface area contributed by atoms with E-state index in [0.29, 0.717) is 61.0 Å². The number of hydrogen-bond acceptors (Lipinski definition) is 12. The Labute approximate surface area is 249 Å². The van der Waals surface area contributed by atoms with Gasteiger partial charge in [0.1, 0.15) is 0 Å². The van der Waals surface area contributed by atoms with Gasteiger partial charge in [-0.05, 0) is 49.2 Å². The van der Waals surface area contributed by atoms with E-state index in [1.165, 1.54) is 0 Å². The van der Waals surface area contributed by atoms with Crippen LogP contribution in [0.4, 0.5) is 29.2 Å². The summed E-state index contributed by atoms with van der Waals surface area (Å²) in [6.07, 6.45) is 1.08. The molecule has 3 aromatic rings. The number of nitrogens with one attached hydrogen (secondary N) is 1. The van der Waals surface area contributed by atoms with Crippen molar-refractivity contribution in [1.29, 1.82) is 0 Å². The second kappa shape index (κ2) is 13.0. The summed E-state index contributed by atoms with van der Waals surface area (Å²) in [4.78, 5) is 43.3. The van der Waals surface area contributed by atoms with Crippen LogP contribution in [-0.4, -0.2) is 77.0 Å². The molecule has 5 rings (SSSR count). The SMILES string of the molecule is N[C@@H]1C[C@H](N)CN(c2nc(Nc3ccc(C(=O)CC(=O)N(Cl)c4ccccc4)cc3)nc(N3C[C@H](N)C[C@H](N)C3)n2)C1. The zero-order valence-corrected chi connectivity index (χ0v) is 23.9. The second-order valence-corrected chi connectivity index (χ2v) is 11.2. The molecule has 4 atom stereocenters. The molecular formula is C28H36ClN11O2. The Morgan fingerprint density at radius 3 is 1.79 bits per heavy atom. The van der Waals surface area contributed by atoms with Gasteiger partial charge in [-0.3, -0.25) is 9.59 Å². The number of para-hydroxylation sites is 1. The molecule has 0 unspecified atom stereocenters. The number of halogens is 1. The van der Waals surface area contributed by atoms with Crippen LogP contribution in [0, 0.1) is 0 Å². The number of Topliss-reactive ketones (excluding diaryl/α,β-unsaturated/α-hetero) is 1. The number of hydrogen-bond donors (Lipinski definition) is 5. The zero-order chi connectivity index (χ0) is 29.8. The fourth-order valence-electron chi connectivity index (χ4n) is 5.26. The van der Waals surface area contributed by atoms with Crippen LogP contribution in [0.5, 0.6) is 0 Å². The van der Waals surface area contributed by atoms with E-state index in [4.69, 9.17) is 39.7 Å². The molecule has 13 nitrogen and oxygen atoms in total. The minimum atomic E-state index is -0.519. The van der Waals surface area contributed by atoms with E-state index in [-0.39, 0.29) is 36.4 Å². The molecule has 0 bridgehead atoms. The summed E-state index contributed by atoms with van der Waals surface area (Å²) in [5.74, 6) is 0.346. The van der Waals surface area contributed by atoms with E-state index in [1.807, 2.05) is 15.9 Å². The number of rotatable bonds is 8. The maximum absolute atomic E-state index is 12.8. The average molecular weight is 594 g/mol. The fourth-order valence-corrected chi connectivity index (χ4v) is 5.43. The molecule has 42 heavy (non-hydrogen) atoms. The summed E-state index contributed by atoms with van der Waals surface area (Å²) in [5, 5.41) is 3.21. The van der Waals surface area contributed by atoms with Crippen LogP contribution >= 0.6 is 11.8 Å². The molecule has 1 aromatic heterocycles. The van der Waals surface area contributed by atoms with Crippen LogP contribution in [-0.2, 0) is 4.79 Å². The molecule has 1 amide bonds. The third-order valence-corrected chi connectivity index (χ3v) is 7.57. The quantitative estimate of drug-likeness (QED) is 0.142. The monoisotopic (exact) mass is 593 g/mol. The maximum atomic E-state index is 12.8. The molecule has 9 N–H and O–H groups in total. The minimum Gasteiger partial charge on any atom is -0.338 e. The standard InChI is InChI=1S/C28H36ClN11O2/c29-40(23-4-2-1-3-5-23)25(42)12-24(41)17-6-8-22(9-7-17)34-26-35-27(38-13-18(30)10-19(31)14-38)37-28(36-26)39-15-20(32)11-21(33)16-39/h1-9,18-21H,10-16,30-33H2,(H,34,35,36,37)/t18-,19+,20-,21+. The first-order valence-corrected chi connectivity index (χ1v) is 14.2. The van der Waals surface area contributed by atoms with Gasteiger partial charge < -0.3 is 38.1 Å². The topological polar surface area (TPSA) is 199 Å². The van der Waals surface area contributed by atoms with Crippen molar-refractivity contribution in [2.45, 2.75) is 43.4 Å². The molecule has 0 radical (unpaired) electrons. The Morgan fingerprint density at radius 2 is 1.29 bits per heavy atom. The van der Waals surface area contributed by atoms with Crippen LogP contribution in [0.2, 0.25) is 0 Å². The number of amides is 1. The highest BCUT2D eigenvalue weighted by Crippen LogP contribution is 2.24. The van der Waals surface area contributed by atoms with Crippen molar-refractivity contribution in [2.75, 3.05) is 45.7 Å². The Balaban J connectivity index is 1.32. The van der Waals surface area contributed by atoms with Crippen molar-refractivity contribution < 1.29 is 9.59 Å². The van der Waals surface area contributed by atoms with Gasteiger partial charge in [0, 0.05) is 73.4 Å². The number of carbonyl (C=O) groups excluding carboxylic acids is 2. The maximum Gasteiger partial charge on any atom is 0.249 e. The summed E-state index contributed by atoms with van der Waals surface area (Å²) in [7, 11) is 0. The molecule has 0 spiro atoms. The molecule has 0 aliphatic carbocycles. The third-order valence-electron chi connectivity index (χ3n) is 7.18. The predicted octanol–water partition coefficient (Wildman–Crippen LogP) is 1.10. The number of aromatic nitrogens is 3. The van der Waals surface area contributed by atoms with E-state index in [1.54, 1.807) is 48.5 Å². The van der Waals surface area contributed by atoms with Gasteiger partial charge in [-0.25, -0.2) is 4.42 Å². The highest BCUT2D eigenvalue weighted by molar-refractivity contribution is 6.38. The number of ketones is 1. The molecule has 222 valence electrons. The number of nitrogens with two attached hydrogens (primary N) is 4. The Bertz CT molecular complexity index is 1330. The lowest BCUT2D eigenvalue weighted by molar-refractivity contribution is -0.116. The summed E-state index contributed by atoms with van der Waals surface area (Å²) < 4.78 is 0.952. The fraction of sp³-hybridized carbons (Fsp3) is 0.393. The van der Waals surface area contributed by atoms with Gasteiger partial charge >= 0.3 is 0 Å². The summed E-state index contributed by atoms with van der Waals surface area (Å²) in [6.45, 7) is 2.26. The molecule has 14 heteroatoms. The normalized spacial score (nSPS) is 22.5. The lowest BCUT2D eigenvalue weighted by Gasteiger charge is -2.37.